The molecule has 5 nitrogen and oxygen atoms in total. The second kappa shape index (κ2) is 6.19. The number of carbonyl (C=O) groups is 1. The molecule has 6 heteroatoms. The predicted molar refractivity (Wildman–Crippen MR) is 62.4 cm³/mol. The van der Waals surface area contributed by atoms with Gasteiger partial charge in [0, 0.05) is 30.2 Å². The Labute approximate surface area is 98.6 Å². The van der Waals surface area contributed by atoms with Crippen molar-refractivity contribution in [2.24, 2.45) is 5.73 Å². The van der Waals surface area contributed by atoms with E-state index in [1.807, 2.05) is 0 Å². The van der Waals surface area contributed by atoms with Crippen molar-refractivity contribution in [1.82, 2.24) is 10.6 Å². The third-order valence-electron chi connectivity index (χ3n) is 2.00. The Morgan fingerprint density at radius 3 is 2.81 bits per heavy atom. The molecule has 1 aromatic rings. The van der Waals surface area contributed by atoms with Crippen LogP contribution in [0.25, 0.3) is 0 Å². The zero-order valence-electron chi connectivity index (χ0n) is 8.66. The summed E-state index contributed by atoms with van der Waals surface area (Å²) in [5.41, 5.74) is 5.54. The van der Waals surface area contributed by atoms with E-state index in [0.717, 1.165) is 0 Å². The smallest absolute Gasteiger partial charge is 0.312 e. The number of phenols is 1. The van der Waals surface area contributed by atoms with Crippen molar-refractivity contribution in [2.75, 3.05) is 13.1 Å². The molecule has 0 fully saturated rings. The second-order valence-corrected chi connectivity index (χ2v) is 3.61. The van der Waals surface area contributed by atoms with Gasteiger partial charge in [-0.3, -0.25) is 0 Å². The van der Waals surface area contributed by atoms with E-state index in [1.54, 1.807) is 18.2 Å². The summed E-state index contributed by atoms with van der Waals surface area (Å²) in [7, 11) is 0. The number of benzene rings is 1. The van der Waals surface area contributed by atoms with Crippen LogP contribution in [0.15, 0.2) is 18.2 Å². The molecule has 0 saturated heterocycles. The molecule has 5 N–H and O–H groups in total. The maximum atomic E-state index is 10.4. The van der Waals surface area contributed by atoms with Gasteiger partial charge in [0.15, 0.2) is 0 Å². The molecule has 0 aliphatic carbocycles. The first-order valence-electron chi connectivity index (χ1n) is 4.81. The van der Waals surface area contributed by atoms with Crippen molar-refractivity contribution in [2.45, 2.75) is 6.54 Å². The summed E-state index contributed by atoms with van der Waals surface area (Å²) in [6, 6.07) is 4.41. The molecule has 0 radical (unpaired) electrons. The molecule has 2 amide bonds. The van der Waals surface area contributed by atoms with Gasteiger partial charge in [-0.05, 0) is 12.1 Å². The van der Waals surface area contributed by atoms with Gasteiger partial charge in [0.25, 0.3) is 0 Å². The van der Waals surface area contributed by atoms with E-state index in [0.29, 0.717) is 30.2 Å². The van der Waals surface area contributed by atoms with Gasteiger partial charge in [0.2, 0.25) is 0 Å². The van der Waals surface area contributed by atoms with Crippen LogP contribution in [0.2, 0.25) is 5.02 Å². The predicted octanol–water partition coefficient (Wildman–Crippen LogP) is 0.803. The van der Waals surface area contributed by atoms with Crippen molar-refractivity contribution >= 4 is 17.6 Å². The highest BCUT2D eigenvalue weighted by atomic mass is 35.5. The Bertz CT molecular complexity index is 351. The number of amides is 2. The summed E-state index contributed by atoms with van der Waals surface area (Å²) < 4.78 is 0. The van der Waals surface area contributed by atoms with Gasteiger partial charge in [-0.15, -0.1) is 0 Å². The maximum absolute atomic E-state index is 10.4. The fourth-order valence-corrected chi connectivity index (χ4v) is 1.45. The first kappa shape index (κ1) is 12.6. The maximum Gasteiger partial charge on any atom is 0.312 e. The van der Waals surface area contributed by atoms with Crippen molar-refractivity contribution < 1.29 is 9.90 Å². The Kier molecular flexibility index (Phi) is 4.88. The van der Waals surface area contributed by atoms with E-state index in [4.69, 9.17) is 17.3 Å². The molecule has 88 valence electrons. The molecule has 0 unspecified atom stereocenters. The van der Waals surface area contributed by atoms with Crippen molar-refractivity contribution in [3.63, 3.8) is 0 Å². The van der Waals surface area contributed by atoms with Crippen LogP contribution >= 0.6 is 11.6 Å². The van der Waals surface area contributed by atoms with E-state index in [1.165, 1.54) is 0 Å². The number of nitrogens with two attached hydrogens (primary N) is 1. The van der Waals surface area contributed by atoms with Crippen LogP contribution in [0.3, 0.4) is 0 Å². The number of aromatic hydroxyl groups is 1. The van der Waals surface area contributed by atoms with Gasteiger partial charge in [0.1, 0.15) is 5.75 Å². The van der Waals surface area contributed by atoms with Gasteiger partial charge >= 0.3 is 6.03 Å². The number of hydrogen-bond acceptors (Lipinski definition) is 3. The summed E-state index contributed by atoms with van der Waals surface area (Å²) in [6.07, 6.45) is 0. The quantitative estimate of drug-likeness (QED) is 0.577. The summed E-state index contributed by atoms with van der Waals surface area (Å²) in [5.74, 6) is 0.155. The molecule has 1 aromatic carbocycles. The number of nitrogens with one attached hydrogen (secondary N) is 2. The number of primary amides is 1. The average molecular weight is 244 g/mol. The third kappa shape index (κ3) is 3.96. The Morgan fingerprint density at radius 2 is 2.19 bits per heavy atom. The number of rotatable bonds is 5. The molecule has 0 aliphatic heterocycles. The minimum absolute atomic E-state index is 0.155. The summed E-state index contributed by atoms with van der Waals surface area (Å²) in [6.45, 7) is 1.42. The van der Waals surface area contributed by atoms with E-state index < -0.39 is 6.03 Å². The van der Waals surface area contributed by atoms with Crippen LogP contribution < -0.4 is 16.4 Å². The number of hydrogen-bond donors (Lipinski definition) is 4. The summed E-state index contributed by atoms with van der Waals surface area (Å²) in [4.78, 5) is 10.4. The molecule has 0 aliphatic rings. The van der Waals surface area contributed by atoms with Crippen LogP contribution in [0.1, 0.15) is 5.56 Å². The van der Waals surface area contributed by atoms with E-state index in [-0.39, 0.29) is 5.75 Å². The van der Waals surface area contributed by atoms with Gasteiger partial charge < -0.3 is 21.5 Å². The van der Waals surface area contributed by atoms with Crippen molar-refractivity contribution in [3.8, 4) is 5.75 Å². The van der Waals surface area contributed by atoms with Crippen LogP contribution in [0.5, 0.6) is 5.75 Å². The molecule has 0 spiro atoms. The number of phenolic OH excluding ortho intramolecular Hbond substituents is 1. The van der Waals surface area contributed by atoms with Gasteiger partial charge in [-0.1, -0.05) is 17.7 Å². The fourth-order valence-electron chi connectivity index (χ4n) is 1.21. The topological polar surface area (TPSA) is 87.4 Å². The van der Waals surface area contributed by atoms with Crippen molar-refractivity contribution in [1.29, 1.82) is 0 Å². The highest BCUT2D eigenvalue weighted by molar-refractivity contribution is 6.31. The lowest BCUT2D eigenvalue weighted by Crippen LogP contribution is -2.35. The standard InChI is InChI=1S/C10H14ClN3O2/c11-8-2-1-3-9(15)7(8)6-13-4-5-14-10(12)16/h1-3,13,15H,4-6H2,(H3,12,14,16). The monoisotopic (exact) mass is 243 g/mol. The molecule has 0 saturated carbocycles. The SMILES string of the molecule is NC(=O)NCCNCc1c(O)cccc1Cl. The minimum atomic E-state index is -0.553. The Morgan fingerprint density at radius 1 is 1.44 bits per heavy atom. The molecule has 0 aromatic heterocycles. The normalized spacial score (nSPS) is 10.1. The third-order valence-corrected chi connectivity index (χ3v) is 2.35. The van der Waals surface area contributed by atoms with Crippen LogP contribution in [-0.4, -0.2) is 24.2 Å². The molecule has 0 atom stereocenters. The molecule has 0 bridgehead atoms. The lowest BCUT2D eigenvalue weighted by atomic mass is 10.2. The van der Waals surface area contributed by atoms with Crippen LogP contribution in [-0.2, 0) is 6.54 Å². The zero-order chi connectivity index (χ0) is 12.0. The fraction of sp³-hybridized carbons (Fsp3) is 0.300. The first-order chi connectivity index (χ1) is 7.61. The zero-order valence-corrected chi connectivity index (χ0v) is 9.42. The van der Waals surface area contributed by atoms with Crippen LogP contribution in [0.4, 0.5) is 4.79 Å². The Balaban J connectivity index is 2.34. The molecular formula is C10H14ClN3O2. The van der Waals surface area contributed by atoms with Crippen LogP contribution in [0, 0.1) is 0 Å². The highest BCUT2D eigenvalue weighted by Gasteiger charge is 2.04. The lowest BCUT2D eigenvalue weighted by Gasteiger charge is -2.08. The number of urea groups is 1. The highest BCUT2D eigenvalue weighted by Crippen LogP contribution is 2.24. The first-order valence-corrected chi connectivity index (χ1v) is 5.19. The van der Waals surface area contributed by atoms with Gasteiger partial charge in [-0.2, -0.15) is 0 Å². The molecule has 16 heavy (non-hydrogen) atoms. The minimum Gasteiger partial charge on any atom is -0.508 e. The Hall–Kier alpha value is -1.46. The summed E-state index contributed by atoms with van der Waals surface area (Å²) in [5, 5.41) is 15.5. The van der Waals surface area contributed by atoms with E-state index in [2.05, 4.69) is 10.6 Å². The van der Waals surface area contributed by atoms with Gasteiger partial charge in [0.05, 0.1) is 0 Å². The van der Waals surface area contributed by atoms with Crippen molar-refractivity contribution in [3.05, 3.63) is 28.8 Å². The molecular weight excluding hydrogens is 230 g/mol. The number of carbonyl (C=O) groups excluding carboxylic acids is 1. The second-order valence-electron chi connectivity index (χ2n) is 3.21. The average Bonchev–Trinajstić information content (AvgIpc) is 2.21. The van der Waals surface area contributed by atoms with Gasteiger partial charge in [-0.25, -0.2) is 4.79 Å². The summed E-state index contributed by atoms with van der Waals surface area (Å²) >= 11 is 5.90. The van der Waals surface area contributed by atoms with E-state index in [9.17, 15) is 9.90 Å². The largest absolute Gasteiger partial charge is 0.508 e. The molecule has 0 heterocycles. The molecule has 1 rings (SSSR count). The lowest BCUT2D eigenvalue weighted by molar-refractivity contribution is 0.249. The van der Waals surface area contributed by atoms with E-state index >= 15 is 0 Å². The number of halogens is 1.